The van der Waals surface area contributed by atoms with Crippen LogP contribution in [0.15, 0.2) is 24.3 Å². The maximum Gasteiger partial charge on any atom is 0.158 e. The summed E-state index contributed by atoms with van der Waals surface area (Å²) in [4.78, 5) is 0. The highest BCUT2D eigenvalue weighted by molar-refractivity contribution is 5.34. The lowest BCUT2D eigenvalue weighted by atomic mass is 10.0. The largest absolute Gasteiger partial charge is 0.396 e. The number of hydrogen-bond donors (Lipinski definition) is 1. The van der Waals surface area contributed by atoms with Crippen LogP contribution in [0.1, 0.15) is 42.9 Å². The molecule has 1 aromatic rings. The molecule has 1 N–H and O–H groups in total. The van der Waals surface area contributed by atoms with Gasteiger partial charge in [0.2, 0.25) is 0 Å². The fraction of sp³-hybridized carbons (Fsp3) is 0.500. The van der Waals surface area contributed by atoms with Gasteiger partial charge in [0.25, 0.3) is 0 Å². The molecule has 19 heavy (non-hydrogen) atoms. The Kier molecular flexibility index (Phi) is 5.41. The Morgan fingerprint density at radius 1 is 1.37 bits per heavy atom. The zero-order valence-corrected chi connectivity index (χ0v) is 11.0. The predicted octanol–water partition coefficient (Wildman–Crippen LogP) is 2.63. The Labute approximate surface area is 114 Å². The van der Waals surface area contributed by atoms with Gasteiger partial charge in [-0.25, -0.2) is 0 Å². The molecule has 1 unspecified atom stereocenters. The maximum atomic E-state index is 9.18. The molecule has 102 valence electrons. The van der Waals surface area contributed by atoms with Crippen LogP contribution in [-0.4, -0.2) is 24.6 Å². The monoisotopic (exact) mass is 260 g/mol. The van der Waals surface area contributed by atoms with Gasteiger partial charge < -0.3 is 14.6 Å². The number of hydrogen-bond acceptors (Lipinski definition) is 3. The second kappa shape index (κ2) is 7.30. The number of benzene rings is 1. The minimum atomic E-state index is -0.155. The SMILES string of the molecule is C#Cc1ccc([C@@H](CCO)OC2CCCCO2)cc1. The molecule has 1 aliphatic rings. The van der Waals surface area contributed by atoms with Gasteiger partial charge in [-0.1, -0.05) is 18.1 Å². The molecular weight excluding hydrogens is 240 g/mol. The summed E-state index contributed by atoms with van der Waals surface area (Å²) in [5.74, 6) is 2.59. The summed E-state index contributed by atoms with van der Waals surface area (Å²) in [5, 5.41) is 9.18. The minimum Gasteiger partial charge on any atom is -0.396 e. The molecule has 2 rings (SSSR count). The van der Waals surface area contributed by atoms with E-state index in [0.29, 0.717) is 6.42 Å². The third-order valence-electron chi connectivity index (χ3n) is 3.29. The summed E-state index contributed by atoms with van der Waals surface area (Å²) in [6.45, 7) is 0.848. The van der Waals surface area contributed by atoms with Crippen molar-refractivity contribution in [3.63, 3.8) is 0 Å². The average Bonchev–Trinajstić information content (AvgIpc) is 2.48. The fourth-order valence-electron chi connectivity index (χ4n) is 2.23. The first-order chi connectivity index (χ1) is 9.33. The molecule has 0 aromatic heterocycles. The van der Waals surface area contributed by atoms with Crippen LogP contribution in [0.5, 0.6) is 0 Å². The first-order valence-corrected chi connectivity index (χ1v) is 6.78. The van der Waals surface area contributed by atoms with Crippen molar-refractivity contribution in [2.24, 2.45) is 0 Å². The lowest BCUT2D eigenvalue weighted by Crippen LogP contribution is -2.25. The van der Waals surface area contributed by atoms with Gasteiger partial charge in [-0.3, -0.25) is 0 Å². The Bertz CT molecular complexity index is 413. The highest BCUT2D eigenvalue weighted by Gasteiger charge is 2.20. The molecule has 0 spiro atoms. The predicted molar refractivity (Wildman–Crippen MR) is 73.5 cm³/mol. The summed E-state index contributed by atoms with van der Waals surface area (Å²) in [6, 6.07) is 7.70. The van der Waals surface area contributed by atoms with Crippen molar-refractivity contribution in [1.82, 2.24) is 0 Å². The number of rotatable bonds is 5. The van der Waals surface area contributed by atoms with E-state index in [-0.39, 0.29) is 19.0 Å². The first-order valence-electron chi connectivity index (χ1n) is 6.78. The van der Waals surface area contributed by atoms with Crippen LogP contribution in [0.3, 0.4) is 0 Å². The van der Waals surface area contributed by atoms with Gasteiger partial charge in [0.05, 0.1) is 6.10 Å². The quantitative estimate of drug-likeness (QED) is 0.827. The first kappa shape index (κ1) is 14.1. The minimum absolute atomic E-state index is 0.0915. The van der Waals surface area contributed by atoms with E-state index in [1.54, 1.807) is 0 Å². The lowest BCUT2D eigenvalue weighted by molar-refractivity contribution is -0.192. The van der Waals surface area contributed by atoms with Crippen LogP contribution in [0, 0.1) is 12.3 Å². The number of terminal acetylenes is 1. The molecule has 3 nitrogen and oxygen atoms in total. The van der Waals surface area contributed by atoms with Crippen LogP contribution in [-0.2, 0) is 9.47 Å². The van der Waals surface area contributed by atoms with E-state index in [4.69, 9.17) is 15.9 Å². The van der Waals surface area contributed by atoms with E-state index >= 15 is 0 Å². The Hall–Kier alpha value is -1.34. The molecule has 1 heterocycles. The van der Waals surface area contributed by atoms with Crippen LogP contribution in [0.2, 0.25) is 0 Å². The van der Waals surface area contributed by atoms with Gasteiger partial charge in [0.1, 0.15) is 0 Å². The van der Waals surface area contributed by atoms with Crippen LogP contribution >= 0.6 is 0 Å². The molecule has 0 radical (unpaired) electrons. The second-order valence-electron chi connectivity index (χ2n) is 4.70. The Balaban J connectivity index is 2.03. The van der Waals surface area contributed by atoms with E-state index < -0.39 is 0 Å². The van der Waals surface area contributed by atoms with E-state index in [0.717, 1.165) is 37.0 Å². The van der Waals surface area contributed by atoms with Crippen molar-refractivity contribution in [2.75, 3.05) is 13.2 Å². The molecule has 0 saturated carbocycles. The highest BCUT2D eigenvalue weighted by atomic mass is 16.7. The molecule has 1 aliphatic heterocycles. The van der Waals surface area contributed by atoms with Crippen molar-refractivity contribution in [1.29, 1.82) is 0 Å². The summed E-state index contributed by atoms with van der Waals surface area (Å²) in [5.41, 5.74) is 1.88. The lowest BCUT2D eigenvalue weighted by Gasteiger charge is -2.27. The molecule has 2 atom stereocenters. The smallest absolute Gasteiger partial charge is 0.158 e. The van der Waals surface area contributed by atoms with Gasteiger partial charge in [-0.05, 0) is 37.0 Å². The van der Waals surface area contributed by atoms with Gasteiger partial charge in [0.15, 0.2) is 6.29 Å². The summed E-state index contributed by atoms with van der Waals surface area (Å²) in [6.07, 6.45) is 8.76. The molecule has 0 aliphatic carbocycles. The standard InChI is InChI=1S/C16H20O3/c1-2-13-6-8-14(9-7-13)15(10-11-17)19-16-5-3-4-12-18-16/h1,6-9,15-17H,3-5,10-12H2/t15-,16?/m1/s1. The third-order valence-corrected chi connectivity index (χ3v) is 3.29. The van der Waals surface area contributed by atoms with E-state index in [2.05, 4.69) is 5.92 Å². The Morgan fingerprint density at radius 3 is 2.74 bits per heavy atom. The molecule has 1 aromatic carbocycles. The fourth-order valence-corrected chi connectivity index (χ4v) is 2.23. The second-order valence-corrected chi connectivity index (χ2v) is 4.70. The van der Waals surface area contributed by atoms with Crippen molar-refractivity contribution in [3.05, 3.63) is 35.4 Å². The molecule has 1 saturated heterocycles. The molecule has 3 heteroatoms. The summed E-state index contributed by atoms with van der Waals surface area (Å²) in [7, 11) is 0. The molecule has 1 fully saturated rings. The van der Waals surface area contributed by atoms with Gasteiger partial charge >= 0.3 is 0 Å². The van der Waals surface area contributed by atoms with Crippen LogP contribution in [0.25, 0.3) is 0 Å². The molecular formula is C16H20O3. The molecule has 0 amide bonds. The van der Waals surface area contributed by atoms with Crippen molar-refractivity contribution in [2.45, 2.75) is 38.1 Å². The van der Waals surface area contributed by atoms with Crippen molar-refractivity contribution < 1.29 is 14.6 Å². The van der Waals surface area contributed by atoms with E-state index in [1.165, 1.54) is 0 Å². The normalized spacial score (nSPS) is 20.7. The topological polar surface area (TPSA) is 38.7 Å². The zero-order valence-electron chi connectivity index (χ0n) is 11.0. The highest BCUT2D eigenvalue weighted by Crippen LogP contribution is 2.26. The zero-order chi connectivity index (χ0) is 13.5. The van der Waals surface area contributed by atoms with Gasteiger partial charge in [-0.15, -0.1) is 6.42 Å². The van der Waals surface area contributed by atoms with E-state index in [1.807, 2.05) is 24.3 Å². The number of aliphatic hydroxyl groups is 1. The van der Waals surface area contributed by atoms with Crippen molar-refractivity contribution in [3.8, 4) is 12.3 Å². The van der Waals surface area contributed by atoms with Crippen LogP contribution < -0.4 is 0 Å². The maximum absolute atomic E-state index is 9.18. The molecule has 0 bridgehead atoms. The number of aliphatic hydroxyl groups excluding tert-OH is 1. The Morgan fingerprint density at radius 2 is 2.16 bits per heavy atom. The summed E-state index contributed by atoms with van der Waals surface area (Å²) < 4.78 is 11.5. The van der Waals surface area contributed by atoms with Crippen molar-refractivity contribution >= 4 is 0 Å². The van der Waals surface area contributed by atoms with Gasteiger partial charge in [-0.2, -0.15) is 0 Å². The third kappa shape index (κ3) is 4.07. The van der Waals surface area contributed by atoms with Crippen LogP contribution in [0.4, 0.5) is 0 Å². The number of ether oxygens (including phenoxy) is 2. The summed E-state index contributed by atoms with van der Waals surface area (Å²) >= 11 is 0. The van der Waals surface area contributed by atoms with E-state index in [9.17, 15) is 5.11 Å². The van der Waals surface area contributed by atoms with Gasteiger partial charge in [0, 0.05) is 25.2 Å². The average molecular weight is 260 g/mol.